The van der Waals surface area contributed by atoms with E-state index in [1.54, 1.807) is 22.9 Å². The van der Waals surface area contributed by atoms with E-state index in [-0.39, 0.29) is 0 Å². The maximum atomic E-state index is 13.5. The topological polar surface area (TPSA) is 76.9 Å². The smallest absolute Gasteiger partial charge is 0.328 e. The third kappa shape index (κ3) is 3.67. The van der Waals surface area contributed by atoms with E-state index in [4.69, 9.17) is 13.4 Å². The van der Waals surface area contributed by atoms with Crippen LogP contribution in [0.3, 0.4) is 0 Å². The number of carbonyl (C=O) groups excluding carboxylic acids is 2. The molecule has 162 valence electrons. The molecular formula is C21H21FN4O4S. The summed E-state index contributed by atoms with van der Waals surface area (Å²) in [6, 6.07) is 5.74. The summed E-state index contributed by atoms with van der Waals surface area (Å²) in [5, 5.41) is 0.362. The van der Waals surface area contributed by atoms with Gasteiger partial charge in [-0.15, -0.1) is 0 Å². The van der Waals surface area contributed by atoms with Gasteiger partial charge in [0.15, 0.2) is 0 Å². The molecular weight excluding hydrogens is 423 g/mol. The van der Waals surface area contributed by atoms with Crippen molar-refractivity contribution >= 4 is 33.6 Å². The second-order valence-electron chi connectivity index (χ2n) is 7.64. The fourth-order valence-electron chi connectivity index (χ4n) is 3.77. The molecule has 1 saturated heterocycles. The van der Waals surface area contributed by atoms with Crippen LogP contribution in [0.5, 0.6) is 0 Å². The SMILES string of the molecule is CN1CCN(Cc2cn3c(n2)S2(OC(=O)C=CC(=O)O2)C(c2ccc(F)cc2)=C3)CC1. The highest BCUT2D eigenvalue weighted by Gasteiger charge is 2.45. The van der Waals surface area contributed by atoms with Crippen molar-refractivity contribution in [2.75, 3.05) is 33.2 Å². The standard InChI is InChI=1S/C21H21FN4O4S/c1-24-8-10-25(11-9-24)12-17-13-26-14-18(15-2-4-16(22)5-3-15)31(21(26)23-17)29-19(27)6-7-20(28)30-31/h2-7,13-14H,8-12H2,1H3. The zero-order chi connectivity index (χ0) is 21.6. The molecule has 5 rings (SSSR count). The first-order valence-corrected chi connectivity index (χ1v) is 11.4. The number of carbonyl (C=O) groups is 2. The van der Waals surface area contributed by atoms with Gasteiger partial charge in [-0.05, 0) is 29.8 Å². The summed E-state index contributed by atoms with van der Waals surface area (Å²) in [5.74, 6) is -1.77. The minimum Gasteiger partial charge on any atom is -0.328 e. The van der Waals surface area contributed by atoms with Gasteiger partial charge < -0.3 is 13.3 Å². The van der Waals surface area contributed by atoms with Crippen molar-refractivity contribution in [1.29, 1.82) is 0 Å². The molecule has 0 radical (unpaired) electrons. The summed E-state index contributed by atoms with van der Waals surface area (Å²) in [7, 11) is -0.892. The number of hydrogen-bond acceptors (Lipinski definition) is 7. The average molecular weight is 444 g/mol. The van der Waals surface area contributed by atoms with Crippen molar-refractivity contribution in [3.05, 3.63) is 59.7 Å². The van der Waals surface area contributed by atoms with Crippen molar-refractivity contribution in [3.8, 4) is 0 Å². The maximum Gasteiger partial charge on any atom is 0.354 e. The molecule has 1 fully saturated rings. The number of benzene rings is 1. The van der Waals surface area contributed by atoms with E-state index in [0.29, 0.717) is 22.2 Å². The fourth-order valence-corrected chi connectivity index (χ4v) is 6.22. The molecule has 0 amide bonds. The third-order valence-electron chi connectivity index (χ3n) is 5.40. The number of piperazine rings is 1. The molecule has 0 bridgehead atoms. The summed E-state index contributed by atoms with van der Waals surface area (Å²) in [6.45, 7) is 4.47. The number of rotatable bonds is 3. The Kier molecular flexibility index (Phi) is 4.92. The van der Waals surface area contributed by atoms with Crippen LogP contribution in [0.25, 0.3) is 11.1 Å². The lowest BCUT2D eigenvalue weighted by atomic mass is 10.2. The number of likely N-dealkylation sites (N-methyl/N-ethyl adjacent to an activating group) is 1. The molecule has 1 aromatic heterocycles. The van der Waals surface area contributed by atoms with E-state index in [0.717, 1.165) is 44.0 Å². The molecule has 8 nitrogen and oxygen atoms in total. The summed E-state index contributed by atoms with van der Waals surface area (Å²) in [4.78, 5) is 34.4. The molecule has 0 N–H and O–H groups in total. The van der Waals surface area contributed by atoms with Gasteiger partial charge in [-0.3, -0.25) is 9.47 Å². The maximum absolute atomic E-state index is 13.5. The summed E-state index contributed by atoms with van der Waals surface area (Å²) < 4.78 is 26.7. The fraction of sp³-hybridized carbons (Fsp3) is 0.286. The highest BCUT2D eigenvalue weighted by molar-refractivity contribution is 8.34. The van der Waals surface area contributed by atoms with E-state index < -0.39 is 28.3 Å². The Balaban J connectivity index is 1.54. The van der Waals surface area contributed by atoms with Crippen LogP contribution in [-0.4, -0.2) is 64.5 Å². The van der Waals surface area contributed by atoms with Gasteiger partial charge in [-0.25, -0.2) is 19.0 Å². The first-order valence-electron chi connectivity index (χ1n) is 9.88. The number of aromatic nitrogens is 2. The van der Waals surface area contributed by atoms with Crippen molar-refractivity contribution in [3.63, 3.8) is 0 Å². The summed E-state index contributed by atoms with van der Waals surface area (Å²) >= 11 is 0. The Hall–Kier alpha value is -2.95. The molecule has 3 aliphatic heterocycles. The third-order valence-corrected chi connectivity index (χ3v) is 7.90. The van der Waals surface area contributed by atoms with Gasteiger partial charge in [0.05, 0.1) is 5.69 Å². The predicted molar refractivity (Wildman–Crippen MR) is 113 cm³/mol. The lowest BCUT2D eigenvalue weighted by Gasteiger charge is -2.36. The van der Waals surface area contributed by atoms with Crippen LogP contribution in [-0.2, 0) is 24.5 Å². The molecule has 0 saturated carbocycles. The Morgan fingerprint density at radius 2 is 1.68 bits per heavy atom. The Bertz CT molecular complexity index is 1080. The van der Waals surface area contributed by atoms with Gasteiger partial charge in [0.2, 0.25) is 0 Å². The van der Waals surface area contributed by atoms with E-state index in [1.807, 2.05) is 6.20 Å². The first kappa shape index (κ1) is 20.0. The first-order chi connectivity index (χ1) is 14.9. The van der Waals surface area contributed by atoms with E-state index in [9.17, 15) is 14.0 Å². The van der Waals surface area contributed by atoms with E-state index in [1.165, 1.54) is 12.1 Å². The average Bonchev–Trinajstić information content (AvgIpc) is 3.21. The van der Waals surface area contributed by atoms with Crippen LogP contribution in [0, 0.1) is 5.82 Å². The largest absolute Gasteiger partial charge is 0.354 e. The second kappa shape index (κ2) is 7.63. The van der Waals surface area contributed by atoms with Crippen molar-refractivity contribution in [2.45, 2.75) is 11.7 Å². The Morgan fingerprint density at radius 1 is 1.03 bits per heavy atom. The van der Waals surface area contributed by atoms with Gasteiger partial charge in [0.1, 0.15) is 10.7 Å². The molecule has 3 aliphatic rings. The number of halogens is 1. The van der Waals surface area contributed by atoms with Gasteiger partial charge in [-0.1, -0.05) is 12.1 Å². The molecule has 1 spiro atoms. The highest BCUT2D eigenvalue weighted by Crippen LogP contribution is 2.70. The minimum atomic E-state index is -2.99. The van der Waals surface area contributed by atoms with Crippen LogP contribution in [0.4, 0.5) is 4.39 Å². The van der Waals surface area contributed by atoms with E-state index in [2.05, 4.69) is 16.8 Å². The minimum absolute atomic E-state index is 0.362. The zero-order valence-electron chi connectivity index (χ0n) is 16.9. The molecule has 2 aromatic rings. The Morgan fingerprint density at radius 3 is 2.32 bits per heavy atom. The van der Waals surface area contributed by atoms with Crippen molar-refractivity contribution in [2.24, 2.45) is 0 Å². The van der Waals surface area contributed by atoms with Crippen molar-refractivity contribution in [1.82, 2.24) is 19.4 Å². The summed E-state index contributed by atoms with van der Waals surface area (Å²) in [6.07, 6.45) is 5.69. The number of hydrogen-bond donors (Lipinski definition) is 0. The number of fused-ring (bicyclic) bond motifs is 2. The van der Waals surface area contributed by atoms with Crippen LogP contribution in [0.2, 0.25) is 0 Å². The van der Waals surface area contributed by atoms with Gasteiger partial charge >= 0.3 is 11.9 Å². The van der Waals surface area contributed by atoms with E-state index >= 15 is 0 Å². The molecule has 0 unspecified atom stereocenters. The van der Waals surface area contributed by atoms with Crippen LogP contribution in [0.1, 0.15) is 11.3 Å². The van der Waals surface area contributed by atoms with Crippen LogP contribution in [0.15, 0.2) is 47.8 Å². The molecule has 4 heterocycles. The molecule has 1 aromatic carbocycles. The lowest BCUT2D eigenvalue weighted by molar-refractivity contribution is -0.129. The van der Waals surface area contributed by atoms with Crippen molar-refractivity contribution < 1.29 is 22.3 Å². The predicted octanol–water partition coefficient (Wildman–Crippen LogP) is 2.39. The van der Waals surface area contributed by atoms with Gasteiger partial charge in [0, 0.05) is 62.8 Å². The van der Waals surface area contributed by atoms with Crippen LogP contribution < -0.4 is 0 Å². The van der Waals surface area contributed by atoms with Crippen LogP contribution >= 0.6 is 10.6 Å². The highest BCUT2D eigenvalue weighted by atomic mass is 32.3. The monoisotopic (exact) mass is 444 g/mol. The number of imidazole rings is 1. The molecule has 0 aliphatic carbocycles. The normalized spacial score (nSPS) is 21.9. The quantitative estimate of drug-likeness (QED) is 0.720. The molecule has 0 atom stereocenters. The summed E-state index contributed by atoms with van der Waals surface area (Å²) in [5.41, 5.74) is 1.38. The Labute approximate surface area is 180 Å². The molecule has 31 heavy (non-hydrogen) atoms. The number of nitrogens with zero attached hydrogens (tertiary/aromatic N) is 4. The van der Waals surface area contributed by atoms with Gasteiger partial charge in [-0.2, -0.15) is 0 Å². The van der Waals surface area contributed by atoms with Gasteiger partial charge in [0.25, 0.3) is 5.16 Å². The second-order valence-corrected chi connectivity index (χ2v) is 9.79. The molecule has 10 heteroatoms. The zero-order valence-corrected chi connectivity index (χ0v) is 17.7. The lowest BCUT2D eigenvalue weighted by Crippen LogP contribution is -2.43.